The molecule has 1 saturated heterocycles. The number of fused-ring (bicyclic) bond motifs is 1. The molecule has 1 unspecified atom stereocenters. The molecule has 1 atom stereocenters. The van der Waals surface area contributed by atoms with E-state index < -0.39 is 5.92 Å². The Kier molecular flexibility index (Phi) is 3.05. The van der Waals surface area contributed by atoms with Gasteiger partial charge in [-0.2, -0.15) is 0 Å². The molecule has 1 aliphatic heterocycles. The van der Waals surface area contributed by atoms with Crippen molar-refractivity contribution in [3.63, 3.8) is 0 Å². The van der Waals surface area contributed by atoms with Gasteiger partial charge in [0.2, 0.25) is 11.8 Å². The van der Waals surface area contributed by atoms with E-state index in [4.69, 9.17) is 0 Å². The van der Waals surface area contributed by atoms with Gasteiger partial charge in [0.25, 0.3) is 0 Å². The minimum atomic E-state index is -0.418. The van der Waals surface area contributed by atoms with Crippen LogP contribution in [0.4, 0.5) is 0 Å². The second-order valence-corrected chi connectivity index (χ2v) is 5.87. The van der Waals surface area contributed by atoms with E-state index in [1.807, 2.05) is 54.6 Å². The van der Waals surface area contributed by atoms with E-state index in [1.54, 1.807) is 7.05 Å². The van der Waals surface area contributed by atoms with Crippen LogP contribution in [0.5, 0.6) is 0 Å². The van der Waals surface area contributed by atoms with Crippen LogP contribution in [0.3, 0.4) is 0 Å². The number of likely N-dealkylation sites (N-methyl/N-ethyl adjacent to an activating group) is 1. The van der Waals surface area contributed by atoms with Crippen molar-refractivity contribution in [1.29, 1.82) is 0 Å². The quantitative estimate of drug-likeness (QED) is 0.739. The molecule has 4 nitrogen and oxygen atoms in total. The van der Waals surface area contributed by atoms with Crippen molar-refractivity contribution in [3.8, 4) is 11.3 Å². The van der Waals surface area contributed by atoms with Gasteiger partial charge in [-0.1, -0.05) is 48.5 Å². The lowest BCUT2D eigenvalue weighted by Gasteiger charge is -2.11. The first kappa shape index (κ1) is 13.8. The highest BCUT2D eigenvalue weighted by Crippen LogP contribution is 2.40. The largest absolute Gasteiger partial charge is 0.354 e. The summed E-state index contributed by atoms with van der Waals surface area (Å²) in [5.74, 6) is -0.667. The summed E-state index contributed by atoms with van der Waals surface area (Å²) in [6.45, 7) is 0. The number of aromatic nitrogens is 1. The predicted molar refractivity (Wildman–Crippen MR) is 88.9 cm³/mol. The standard InChI is InChI=1S/C19H16N2O2/c1-21-16(22)11-14(19(21)23)17-13-9-5-6-10-15(13)20-18(17)12-7-3-2-4-8-12/h2-10,14,20H,11H2,1H3. The van der Waals surface area contributed by atoms with Crippen molar-refractivity contribution >= 4 is 22.7 Å². The third-order valence-corrected chi connectivity index (χ3v) is 4.54. The van der Waals surface area contributed by atoms with Crippen LogP contribution < -0.4 is 0 Å². The molecule has 23 heavy (non-hydrogen) atoms. The summed E-state index contributed by atoms with van der Waals surface area (Å²) in [5, 5.41) is 1.01. The average Bonchev–Trinajstić information content (AvgIpc) is 3.08. The summed E-state index contributed by atoms with van der Waals surface area (Å²) >= 11 is 0. The van der Waals surface area contributed by atoms with E-state index in [0.29, 0.717) is 0 Å². The Balaban J connectivity index is 1.98. The van der Waals surface area contributed by atoms with Crippen LogP contribution in [0.25, 0.3) is 22.2 Å². The molecule has 0 aliphatic carbocycles. The van der Waals surface area contributed by atoms with Crippen LogP contribution in [0.2, 0.25) is 0 Å². The number of likely N-dealkylation sites (tertiary alicyclic amines) is 1. The number of carbonyl (C=O) groups is 2. The predicted octanol–water partition coefficient (Wildman–Crippen LogP) is 3.31. The van der Waals surface area contributed by atoms with E-state index in [0.717, 1.165) is 27.7 Å². The molecule has 0 radical (unpaired) electrons. The van der Waals surface area contributed by atoms with Crippen molar-refractivity contribution in [2.24, 2.45) is 0 Å². The zero-order chi connectivity index (χ0) is 16.0. The fraction of sp³-hybridized carbons (Fsp3) is 0.158. The molecular formula is C19H16N2O2. The van der Waals surface area contributed by atoms with Gasteiger partial charge >= 0.3 is 0 Å². The van der Waals surface area contributed by atoms with Gasteiger partial charge in [0.15, 0.2) is 0 Å². The lowest BCUT2D eigenvalue weighted by atomic mass is 9.92. The van der Waals surface area contributed by atoms with Gasteiger partial charge < -0.3 is 4.98 Å². The van der Waals surface area contributed by atoms with Crippen molar-refractivity contribution in [1.82, 2.24) is 9.88 Å². The number of rotatable bonds is 2. The molecule has 3 aromatic rings. The molecule has 0 spiro atoms. The summed E-state index contributed by atoms with van der Waals surface area (Å²) in [5.41, 5.74) is 3.85. The molecule has 2 amide bonds. The van der Waals surface area contributed by atoms with Crippen molar-refractivity contribution in [2.75, 3.05) is 7.05 Å². The minimum Gasteiger partial charge on any atom is -0.354 e. The summed E-state index contributed by atoms with van der Waals surface area (Å²) in [4.78, 5) is 29.2. The first-order chi connectivity index (χ1) is 11.2. The second kappa shape index (κ2) is 5.09. The van der Waals surface area contributed by atoms with Crippen LogP contribution in [-0.4, -0.2) is 28.7 Å². The number of amides is 2. The maximum Gasteiger partial charge on any atom is 0.237 e. The lowest BCUT2D eigenvalue weighted by molar-refractivity contribution is -0.137. The van der Waals surface area contributed by atoms with Gasteiger partial charge in [0, 0.05) is 24.4 Å². The van der Waals surface area contributed by atoms with Gasteiger partial charge in [0.1, 0.15) is 0 Å². The molecule has 0 saturated carbocycles. The number of nitrogens with zero attached hydrogens (tertiary/aromatic N) is 1. The molecule has 1 aliphatic rings. The zero-order valence-corrected chi connectivity index (χ0v) is 12.7. The Morgan fingerprint density at radius 3 is 2.39 bits per heavy atom. The van der Waals surface area contributed by atoms with Gasteiger partial charge in [-0.05, 0) is 17.2 Å². The number of carbonyl (C=O) groups excluding carboxylic acids is 2. The number of imide groups is 1. The Morgan fingerprint density at radius 1 is 1.00 bits per heavy atom. The number of nitrogens with one attached hydrogen (secondary N) is 1. The number of benzene rings is 2. The maximum atomic E-state index is 12.5. The zero-order valence-electron chi connectivity index (χ0n) is 12.7. The molecule has 114 valence electrons. The highest BCUT2D eigenvalue weighted by Gasteiger charge is 2.39. The Morgan fingerprint density at radius 2 is 1.70 bits per heavy atom. The maximum absolute atomic E-state index is 12.5. The topological polar surface area (TPSA) is 53.2 Å². The molecule has 0 bridgehead atoms. The van der Waals surface area contributed by atoms with E-state index >= 15 is 0 Å². The normalized spacial score (nSPS) is 18.1. The number of hydrogen-bond acceptors (Lipinski definition) is 2. The van der Waals surface area contributed by atoms with Crippen LogP contribution in [-0.2, 0) is 9.59 Å². The second-order valence-electron chi connectivity index (χ2n) is 5.87. The van der Waals surface area contributed by atoms with Gasteiger partial charge in [-0.25, -0.2) is 0 Å². The van der Waals surface area contributed by atoms with E-state index in [2.05, 4.69) is 4.98 Å². The Labute approximate surface area is 133 Å². The fourth-order valence-corrected chi connectivity index (χ4v) is 3.34. The van der Waals surface area contributed by atoms with Crippen LogP contribution in [0, 0.1) is 0 Å². The summed E-state index contributed by atoms with van der Waals surface area (Å²) < 4.78 is 0. The first-order valence-electron chi connectivity index (χ1n) is 7.63. The molecule has 2 heterocycles. The SMILES string of the molecule is CN1C(=O)CC(c2c(-c3ccccc3)[nH]c3ccccc23)C1=O. The number of para-hydroxylation sites is 1. The smallest absolute Gasteiger partial charge is 0.237 e. The highest BCUT2D eigenvalue weighted by molar-refractivity contribution is 6.09. The van der Waals surface area contributed by atoms with Crippen LogP contribution in [0.1, 0.15) is 17.9 Å². The number of H-pyrrole nitrogens is 1. The van der Waals surface area contributed by atoms with Gasteiger partial charge in [-0.3, -0.25) is 14.5 Å². The Bertz CT molecular complexity index is 912. The van der Waals surface area contributed by atoms with Gasteiger partial charge in [-0.15, -0.1) is 0 Å². The molecule has 4 heteroatoms. The third-order valence-electron chi connectivity index (χ3n) is 4.54. The van der Waals surface area contributed by atoms with Gasteiger partial charge in [0.05, 0.1) is 11.6 Å². The molecular weight excluding hydrogens is 288 g/mol. The van der Waals surface area contributed by atoms with Crippen molar-refractivity contribution in [2.45, 2.75) is 12.3 Å². The summed E-state index contributed by atoms with van der Waals surface area (Å²) in [7, 11) is 1.56. The molecule has 1 fully saturated rings. The summed E-state index contributed by atoms with van der Waals surface area (Å²) in [6, 6.07) is 17.9. The molecule has 1 aromatic heterocycles. The minimum absolute atomic E-state index is 0.121. The average molecular weight is 304 g/mol. The molecule has 4 rings (SSSR count). The lowest BCUT2D eigenvalue weighted by Crippen LogP contribution is -2.25. The Hall–Kier alpha value is -2.88. The van der Waals surface area contributed by atoms with Crippen molar-refractivity contribution in [3.05, 3.63) is 60.2 Å². The van der Waals surface area contributed by atoms with E-state index in [-0.39, 0.29) is 18.2 Å². The monoisotopic (exact) mass is 304 g/mol. The van der Waals surface area contributed by atoms with Crippen molar-refractivity contribution < 1.29 is 9.59 Å². The third kappa shape index (κ3) is 2.06. The molecule has 1 N–H and O–H groups in total. The first-order valence-corrected chi connectivity index (χ1v) is 7.63. The van der Waals surface area contributed by atoms with E-state index in [9.17, 15) is 9.59 Å². The molecule has 2 aromatic carbocycles. The highest BCUT2D eigenvalue weighted by atomic mass is 16.2. The van der Waals surface area contributed by atoms with Crippen LogP contribution >= 0.6 is 0 Å². The summed E-state index contributed by atoms with van der Waals surface area (Å²) in [6.07, 6.45) is 0.233. The van der Waals surface area contributed by atoms with E-state index in [1.165, 1.54) is 4.90 Å². The number of aromatic amines is 1. The van der Waals surface area contributed by atoms with Crippen LogP contribution in [0.15, 0.2) is 54.6 Å². The fourth-order valence-electron chi connectivity index (χ4n) is 3.34. The number of hydrogen-bond donors (Lipinski definition) is 1.